The standard InChI is InChI=1S/C18H19F3N2O2S/c19-18(20,21)16-6-4-5-15(13-16)14-22-9-11-23(12-10-22)26(24,25)17-7-2-1-3-8-17/h1-8,13H,9-12,14H2. The summed E-state index contributed by atoms with van der Waals surface area (Å²) in [5.74, 6) is 0. The maximum absolute atomic E-state index is 12.8. The van der Waals surface area contributed by atoms with Gasteiger partial charge < -0.3 is 0 Å². The molecule has 1 aliphatic heterocycles. The lowest BCUT2D eigenvalue weighted by molar-refractivity contribution is -0.137. The summed E-state index contributed by atoms with van der Waals surface area (Å²) in [6.45, 7) is 1.94. The molecular formula is C18H19F3N2O2S. The van der Waals surface area contributed by atoms with E-state index < -0.39 is 21.8 Å². The zero-order valence-electron chi connectivity index (χ0n) is 14.0. The summed E-state index contributed by atoms with van der Waals surface area (Å²) < 4.78 is 65.0. The van der Waals surface area contributed by atoms with E-state index in [9.17, 15) is 21.6 Å². The van der Waals surface area contributed by atoms with Crippen molar-refractivity contribution in [2.75, 3.05) is 26.2 Å². The van der Waals surface area contributed by atoms with Crippen molar-refractivity contribution in [3.63, 3.8) is 0 Å². The van der Waals surface area contributed by atoms with Crippen LogP contribution in [0.4, 0.5) is 13.2 Å². The zero-order valence-corrected chi connectivity index (χ0v) is 14.8. The highest BCUT2D eigenvalue weighted by atomic mass is 32.2. The first-order chi connectivity index (χ1) is 12.3. The number of nitrogens with zero attached hydrogens (tertiary/aromatic N) is 2. The van der Waals surface area contributed by atoms with Gasteiger partial charge >= 0.3 is 6.18 Å². The van der Waals surface area contributed by atoms with Crippen LogP contribution in [0.25, 0.3) is 0 Å². The van der Waals surface area contributed by atoms with Gasteiger partial charge in [-0.25, -0.2) is 8.42 Å². The number of hydrogen-bond donors (Lipinski definition) is 0. The van der Waals surface area contributed by atoms with Crippen LogP contribution in [0.1, 0.15) is 11.1 Å². The van der Waals surface area contributed by atoms with Crippen LogP contribution >= 0.6 is 0 Å². The Morgan fingerprint density at radius 1 is 0.885 bits per heavy atom. The first kappa shape index (κ1) is 18.9. The average molecular weight is 384 g/mol. The van der Waals surface area contributed by atoms with Crippen molar-refractivity contribution in [1.82, 2.24) is 9.21 Å². The molecule has 26 heavy (non-hydrogen) atoms. The third-order valence-corrected chi connectivity index (χ3v) is 6.29. The molecule has 4 nitrogen and oxygen atoms in total. The van der Waals surface area contributed by atoms with Gasteiger partial charge in [0.25, 0.3) is 0 Å². The highest BCUT2D eigenvalue weighted by Crippen LogP contribution is 2.30. The van der Waals surface area contributed by atoms with Crippen molar-refractivity contribution in [3.8, 4) is 0 Å². The summed E-state index contributed by atoms with van der Waals surface area (Å²) >= 11 is 0. The van der Waals surface area contributed by atoms with E-state index in [1.165, 1.54) is 10.4 Å². The molecule has 0 aliphatic carbocycles. The molecule has 0 radical (unpaired) electrons. The number of rotatable bonds is 4. The molecule has 0 N–H and O–H groups in total. The van der Waals surface area contributed by atoms with E-state index in [0.717, 1.165) is 12.1 Å². The second-order valence-electron chi connectivity index (χ2n) is 6.19. The van der Waals surface area contributed by atoms with Crippen LogP contribution in [0.2, 0.25) is 0 Å². The molecule has 1 heterocycles. The fourth-order valence-corrected chi connectivity index (χ4v) is 4.42. The second kappa shape index (κ2) is 7.38. The Morgan fingerprint density at radius 3 is 2.15 bits per heavy atom. The minimum absolute atomic E-state index is 0.256. The van der Waals surface area contributed by atoms with Crippen LogP contribution in [-0.2, 0) is 22.7 Å². The van der Waals surface area contributed by atoms with Gasteiger partial charge in [0.2, 0.25) is 10.0 Å². The molecule has 0 saturated carbocycles. The molecule has 0 atom stereocenters. The van der Waals surface area contributed by atoms with Crippen molar-refractivity contribution in [2.45, 2.75) is 17.6 Å². The zero-order chi connectivity index (χ0) is 18.8. The normalized spacial score (nSPS) is 17.3. The molecule has 8 heteroatoms. The van der Waals surface area contributed by atoms with Gasteiger partial charge in [-0.05, 0) is 23.8 Å². The van der Waals surface area contributed by atoms with Crippen molar-refractivity contribution < 1.29 is 21.6 Å². The molecule has 0 aromatic heterocycles. The third-order valence-electron chi connectivity index (χ3n) is 4.37. The highest BCUT2D eigenvalue weighted by Gasteiger charge is 2.31. The fraction of sp³-hybridized carbons (Fsp3) is 0.333. The average Bonchev–Trinajstić information content (AvgIpc) is 2.62. The maximum atomic E-state index is 12.8. The molecule has 1 fully saturated rings. The molecule has 0 bridgehead atoms. The smallest absolute Gasteiger partial charge is 0.296 e. The molecule has 2 aromatic carbocycles. The van der Waals surface area contributed by atoms with Gasteiger partial charge in [0, 0.05) is 32.7 Å². The molecule has 0 unspecified atom stereocenters. The number of alkyl halides is 3. The third kappa shape index (κ3) is 4.25. The largest absolute Gasteiger partial charge is 0.416 e. The second-order valence-corrected chi connectivity index (χ2v) is 8.13. The van der Waals surface area contributed by atoms with Crippen LogP contribution in [-0.4, -0.2) is 43.8 Å². The van der Waals surface area contributed by atoms with Crippen molar-refractivity contribution >= 4 is 10.0 Å². The predicted octanol–water partition coefficient (Wildman–Crippen LogP) is 3.21. The van der Waals surface area contributed by atoms with Gasteiger partial charge in [-0.1, -0.05) is 36.4 Å². The molecular weight excluding hydrogens is 365 g/mol. The molecule has 0 spiro atoms. The van der Waals surface area contributed by atoms with Gasteiger partial charge in [-0.2, -0.15) is 17.5 Å². The summed E-state index contributed by atoms with van der Waals surface area (Å²) in [5, 5.41) is 0. The summed E-state index contributed by atoms with van der Waals surface area (Å²) in [6, 6.07) is 13.5. The van der Waals surface area contributed by atoms with Gasteiger partial charge in [-0.3, -0.25) is 4.90 Å². The van der Waals surface area contributed by atoms with Gasteiger partial charge in [-0.15, -0.1) is 0 Å². The molecule has 1 saturated heterocycles. The van der Waals surface area contributed by atoms with Crippen LogP contribution in [0, 0.1) is 0 Å². The molecule has 140 valence electrons. The van der Waals surface area contributed by atoms with E-state index in [2.05, 4.69) is 0 Å². The quantitative estimate of drug-likeness (QED) is 0.813. The van der Waals surface area contributed by atoms with E-state index in [4.69, 9.17) is 0 Å². The minimum Gasteiger partial charge on any atom is -0.296 e. The molecule has 1 aliphatic rings. The van der Waals surface area contributed by atoms with Gasteiger partial charge in [0.15, 0.2) is 0 Å². The lowest BCUT2D eigenvalue weighted by Gasteiger charge is -2.34. The van der Waals surface area contributed by atoms with Crippen molar-refractivity contribution in [3.05, 3.63) is 65.7 Å². The number of sulfonamides is 1. The Balaban J connectivity index is 1.63. The summed E-state index contributed by atoms with van der Waals surface area (Å²) in [6.07, 6.45) is -4.36. The van der Waals surface area contributed by atoms with E-state index in [0.29, 0.717) is 38.3 Å². The summed E-state index contributed by atoms with van der Waals surface area (Å²) in [7, 11) is -3.53. The highest BCUT2D eigenvalue weighted by molar-refractivity contribution is 7.89. The molecule has 0 amide bonds. The number of halogens is 3. The first-order valence-corrected chi connectivity index (χ1v) is 9.64. The molecule has 2 aromatic rings. The predicted molar refractivity (Wildman–Crippen MR) is 91.9 cm³/mol. The van der Waals surface area contributed by atoms with Gasteiger partial charge in [0.1, 0.15) is 0 Å². The summed E-state index contributed by atoms with van der Waals surface area (Å²) in [5.41, 5.74) is -0.0977. The van der Waals surface area contributed by atoms with Crippen LogP contribution in [0.5, 0.6) is 0 Å². The van der Waals surface area contributed by atoms with Crippen LogP contribution < -0.4 is 0 Å². The molecule has 3 rings (SSSR count). The summed E-state index contributed by atoms with van der Waals surface area (Å²) in [4.78, 5) is 2.22. The van der Waals surface area contributed by atoms with Crippen molar-refractivity contribution in [2.24, 2.45) is 0 Å². The number of piperazine rings is 1. The Bertz CT molecular complexity index is 846. The SMILES string of the molecule is O=S(=O)(c1ccccc1)N1CCN(Cc2cccc(C(F)(F)F)c2)CC1. The fourth-order valence-electron chi connectivity index (χ4n) is 2.97. The Labute approximate surface area is 150 Å². The lowest BCUT2D eigenvalue weighted by Crippen LogP contribution is -2.48. The first-order valence-electron chi connectivity index (χ1n) is 8.20. The monoisotopic (exact) mass is 384 g/mol. The lowest BCUT2D eigenvalue weighted by atomic mass is 10.1. The van der Waals surface area contributed by atoms with Gasteiger partial charge in [0.05, 0.1) is 10.5 Å². The number of hydrogen-bond acceptors (Lipinski definition) is 3. The number of benzene rings is 2. The van der Waals surface area contributed by atoms with E-state index in [1.54, 1.807) is 36.4 Å². The minimum atomic E-state index is -4.36. The maximum Gasteiger partial charge on any atom is 0.416 e. The van der Waals surface area contributed by atoms with Crippen molar-refractivity contribution in [1.29, 1.82) is 0 Å². The van der Waals surface area contributed by atoms with Crippen LogP contribution in [0.15, 0.2) is 59.5 Å². The Kier molecular flexibility index (Phi) is 5.36. The van der Waals surface area contributed by atoms with E-state index in [-0.39, 0.29) is 4.90 Å². The topological polar surface area (TPSA) is 40.6 Å². The van der Waals surface area contributed by atoms with E-state index in [1.807, 2.05) is 4.90 Å². The Hall–Kier alpha value is -1.90. The van der Waals surface area contributed by atoms with Crippen LogP contribution in [0.3, 0.4) is 0 Å². The Morgan fingerprint density at radius 2 is 1.54 bits per heavy atom. The van der Waals surface area contributed by atoms with E-state index >= 15 is 0 Å².